The maximum absolute atomic E-state index is 11.8. The lowest BCUT2D eigenvalue weighted by molar-refractivity contribution is -0.0498. The quantitative estimate of drug-likeness (QED) is 0.793. The summed E-state index contributed by atoms with van der Waals surface area (Å²) in [6.07, 6.45) is 0. The first-order valence-corrected chi connectivity index (χ1v) is 4.40. The van der Waals surface area contributed by atoms with Crippen molar-refractivity contribution in [2.24, 2.45) is 0 Å². The third kappa shape index (κ3) is 3.24. The molecular weight excluding hydrogens is 261 g/mol. The Hall–Kier alpha value is -0.655. The Kier molecular flexibility index (Phi) is 3.85. The Labute approximate surface area is 87.6 Å². The molecule has 3 nitrogen and oxygen atoms in total. The second-order valence-corrected chi connectivity index (χ2v) is 3.39. The molecule has 0 atom stereocenters. The first kappa shape index (κ1) is 11.4. The molecule has 76 valence electrons. The SMILES string of the molecule is OB(O)c1cc(Br)cc(OC(F)F)c1. The Morgan fingerprint density at radius 2 is 1.93 bits per heavy atom. The number of hydrogen-bond donors (Lipinski definition) is 2. The van der Waals surface area contributed by atoms with Crippen molar-refractivity contribution < 1.29 is 23.6 Å². The average Bonchev–Trinajstić information content (AvgIpc) is 2.01. The summed E-state index contributed by atoms with van der Waals surface area (Å²) in [5, 5.41) is 17.6. The predicted molar refractivity (Wildman–Crippen MR) is 50.6 cm³/mol. The van der Waals surface area contributed by atoms with Crippen LogP contribution in [0.3, 0.4) is 0 Å². The van der Waals surface area contributed by atoms with Crippen LogP contribution in [0.15, 0.2) is 22.7 Å². The highest BCUT2D eigenvalue weighted by atomic mass is 79.9. The van der Waals surface area contributed by atoms with Crippen LogP contribution in [0, 0.1) is 0 Å². The van der Waals surface area contributed by atoms with E-state index in [2.05, 4.69) is 20.7 Å². The van der Waals surface area contributed by atoms with Gasteiger partial charge in [-0.15, -0.1) is 0 Å². The molecule has 1 aromatic carbocycles. The molecule has 14 heavy (non-hydrogen) atoms. The lowest BCUT2D eigenvalue weighted by Crippen LogP contribution is -2.29. The highest BCUT2D eigenvalue weighted by Gasteiger charge is 2.14. The standard InChI is InChI=1S/C7H6BBrF2O3/c9-5-1-4(8(12)13)2-6(3-5)14-7(10)11/h1-3,7,12-13H. The van der Waals surface area contributed by atoms with E-state index in [1.54, 1.807) is 0 Å². The van der Waals surface area contributed by atoms with Crippen molar-refractivity contribution >= 4 is 28.5 Å². The van der Waals surface area contributed by atoms with E-state index in [9.17, 15) is 8.78 Å². The third-order valence-electron chi connectivity index (χ3n) is 1.42. The summed E-state index contributed by atoms with van der Waals surface area (Å²) in [7, 11) is -1.72. The average molecular weight is 267 g/mol. The van der Waals surface area contributed by atoms with Gasteiger partial charge in [-0.2, -0.15) is 8.78 Å². The lowest BCUT2D eigenvalue weighted by Gasteiger charge is -2.07. The molecule has 1 rings (SSSR count). The fourth-order valence-corrected chi connectivity index (χ4v) is 1.39. The van der Waals surface area contributed by atoms with Gasteiger partial charge < -0.3 is 14.8 Å². The number of ether oxygens (including phenoxy) is 1. The molecule has 0 fully saturated rings. The molecule has 0 aliphatic heterocycles. The Bertz CT molecular complexity index is 322. The zero-order chi connectivity index (χ0) is 10.7. The number of benzene rings is 1. The third-order valence-corrected chi connectivity index (χ3v) is 1.87. The molecule has 7 heteroatoms. The van der Waals surface area contributed by atoms with Crippen molar-refractivity contribution in [3.05, 3.63) is 22.7 Å². The summed E-state index contributed by atoms with van der Waals surface area (Å²) >= 11 is 3.02. The Morgan fingerprint density at radius 3 is 2.43 bits per heavy atom. The van der Waals surface area contributed by atoms with Gasteiger partial charge in [-0.3, -0.25) is 0 Å². The van der Waals surface area contributed by atoms with Crippen LogP contribution in [0.25, 0.3) is 0 Å². The van der Waals surface area contributed by atoms with E-state index in [1.165, 1.54) is 12.1 Å². The monoisotopic (exact) mass is 266 g/mol. The van der Waals surface area contributed by atoms with Gasteiger partial charge in [-0.1, -0.05) is 15.9 Å². The Morgan fingerprint density at radius 1 is 1.29 bits per heavy atom. The highest BCUT2D eigenvalue weighted by Crippen LogP contribution is 2.18. The van der Waals surface area contributed by atoms with Gasteiger partial charge in [0.05, 0.1) is 0 Å². The second kappa shape index (κ2) is 4.72. The fraction of sp³-hybridized carbons (Fsp3) is 0.143. The van der Waals surface area contributed by atoms with E-state index >= 15 is 0 Å². The molecule has 0 radical (unpaired) electrons. The smallest absolute Gasteiger partial charge is 0.435 e. The van der Waals surface area contributed by atoms with E-state index in [0.717, 1.165) is 6.07 Å². The van der Waals surface area contributed by atoms with Gasteiger partial charge in [0.2, 0.25) is 0 Å². The topological polar surface area (TPSA) is 49.7 Å². The molecular formula is C7H6BBrF2O3. The minimum Gasteiger partial charge on any atom is -0.435 e. The number of halogens is 3. The molecule has 0 spiro atoms. The van der Waals surface area contributed by atoms with E-state index in [1.807, 2.05) is 0 Å². The van der Waals surface area contributed by atoms with Crippen LogP contribution >= 0.6 is 15.9 Å². The first-order valence-electron chi connectivity index (χ1n) is 3.60. The summed E-state index contributed by atoms with van der Waals surface area (Å²) in [6, 6.07) is 3.82. The molecule has 0 aliphatic carbocycles. The van der Waals surface area contributed by atoms with Crippen LogP contribution in [0.5, 0.6) is 5.75 Å². The molecule has 0 saturated heterocycles. The molecule has 0 aromatic heterocycles. The van der Waals surface area contributed by atoms with Gasteiger partial charge in [0.1, 0.15) is 5.75 Å². The predicted octanol–water partition coefficient (Wildman–Crippen LogP) is 0.730. The van der Waals surface area contributed by atoms with Crippen molar-refractivity contribution in [1.29, 1.82) is 0 Å². The van der Waals surface area contributed by atoms with Crippen molar-refractivity contribution in [1.82, 2.24) is 0 Å². The van der Waals surface area contributed by atoms with Crippen molar-refractivity contribution in [3.8, 4) is 5.75 Å². The minimum atomic E-state index is -2.94. The summed E-state index contributed by atoms with van der Waals surface area (Å²) in [4.78, 5) is 0. The van der Waals surface area contributed by atoms with E-state index in [0.29, 0.717) is 4.47 Å². The highest BCUT2D eigenvalue weighted by molar-refractivity contribution is 9.10. The van der Waals surface area contributed by atoms with Crippen molar-refractivity contribution in [2.75, 3.05) is 0 Å². The fourth-order valence-electron chi connectivity index (χ4n) is 0.904. The number of rotatable bonds is 3. The molecule has 0 aliphatic rings. The van der Waals surface area contributed by atoms with Crippen LogP contribution in [0.2, 0.25) is 0 Å². The van der Waals surface area contributed by atoms with Crippen LogP contribution in [-0.2, 0) is 0 Å². The van der Waals surface area contributed by atoms with Gasteiger partial charge in [-0.05, 0) is 23.7 Å². The lowest BCUT2D eigenvalue weighted by atomic mass is 9.80. The summed E-state index contributed by atoms with van der Waals surface area (Å²) in [5.74, 6) is -0.127. The maximum atomic E-state index is 11.8. The van der Waals surface area contributed by atoms with Crippen molar-refractivity contribution in [3.63, 3.8) is 0 Å². The van der Waals surface area contributed by atoms with Crippen LogP contribution < -0.4 is 10.2 Å². The molecule has 0 saturated carbocycles. The van der Waals surface area contributed by atoms with E-state index in [4.69, 9.17) is 10.0 Å². The van der Waals surface area contributed by atoms with Gasteiger partial charge in [0.15, 0.2) is 0 Å². The van der Waals surface area contributed by atoms with E-state index < -0.39 is 13.7 Å². The maximum Gasteiger partial charge on any atom is 0.488 e. The molecule has 0 amide bonds. The zero-order valence-electron chi connectivity index (χ0n) is 6.82. The van der Waals surface area contributed by atoms with Crippen LogP contribution in [0.1, 0.15) is 0 Å². The van der Waals surface area contributed by atoms with Crippen molar-refractivity contribution in [2.45, 2.75) is 6.61 Å². The number of hydrogen-bond acceptors (Lipinski definition) is 3. The molecule has 2 N–H and O–H groups in total. The van der Waals surface area contributed by atoms with Gasteiger partial charge >= 0.3 is 13.7 Å². The summed E-state index contributed by atoms with van der Waals surface area (Å²) in [6.45, 7) is -2.94. The zero-order valence-corrected chi connectivity index (χ0v) is 8.41. The number of alkyl halides is 2. The normalized spacial score (nSPS) is 10.4. The summed E-state index contributed by atoms with van der Waals surface area (Å²) in [5.41, 5.74) is 0.0787. The Balaban J connectivity index is 2.95. The molecule has 0 unspecified atom stereocenters. The minimum absolute atomic E-state index is 0.0787. The molecule has 0 bridgehead atoms. The van der Waals surface area contributed by atoms with Crippen LogP contribution in [-0.4, -0.2) is 23.8 Å². The van der Waals surface area contributed by atoms with Gasteiger partial charge in [-0.25, -0.2) is 0 Å². The summed E-state index contributed by atoms with van der Waals surface area (Å²) < 4.78 is 28.2. The molecule has 0 heterocycles. The van der Waals surface area contributed by atoms with E-state index in [-0.39, 0.29) is 11.2 Å². The first-order chi connectivity index (χ1) is 6.49. The largest absolute Gasteiger partial charge is 0.488 e. The van der Waals surface area contributed by atoms with Gasteiger partial charge in [0, 0.05) is 4.47 Å². The van der Waals surface area contributed by atoms with Crippen LogP contribution in [0.4, 0.5) is 8.78 Å². The second-order valence-electron chi connectivity index (χ2n) is 2.47. The molecule has 1 aromatic rings. The van der Waals surface area contributed by atoms with Gasteiger partial charge in [0.25, 0.3) is 0 Å².